The summed E-state index contributed by atoms with van der Waals surface area (Å²) in [6.45, 7) is 1.56. The highest BCUT2D eigenvalue weighted by Crippen LogP contribution is 2.22. The van der Waals surface area contributed by atoms with E-state index in [0.717, 1.165) is 11.1 Å². The number of rotatable bonds is 6. The molecular weight excluding hydrogens is 312 g/mol. The molecule has 0 saturated carbocycles. The molecule has 0 aliphatic heterocycles. The molecule has 2 aromatic rings. The van der Waals surface area contributed by atoms with Crippen molar-refractivity contribution in [3.8, 4) is 0 Å². The van der Waals surface area contributed by atoms with E-state index in [0.29, 0.717) is 6.42 Å². The zero-order valence-corrected chi connectivity index (χ0v) is 14.2. The molecule has 1 unspecified atom stereocenters. The van der Waals surface area contributed by atoms with Crippen molar-refractivity contribution >= 4 is 15.8 Å². The van der Waals surface area contributed by atoms with E-state index >= 15 is 0 Å². The van der Waals surface area contributed by atoms with Crippen LogP contribution < -0.4 is 0 Å². The van der Waals surface area contributed by atoms with Crippen LogP contribution in [-0.4, -0.2) is 37.6 Å². The molecule has 0 aliphatic rings. The van der Waals surface area contributed by atoms with Crippen molar-refractivity contribution in [2.45, 2.75) is 24.2 Å². The number of hydrogen-bond donors (Lipinski definition) is 0. The second-order valence-electron chi connectivity index (χ2n) is 5.59. The fourth-order valence-corrected chi connectivity index (χ4v) is 3.22. The van der Waals surface area contributed by atoms with Crippen LogP contribution in [-0.2, 0) is 21.2 Å². The van der Waals surface area contributed by atoms with E-state index in [9.17, 15) is 13.2 Å². The van der Waals surface area contributed by atoms with Crippen LogP contribution in [0.1, 0.15) is 24.0 Å². The Hall–Kier alpha value is -2.05. The monoisotopic (exact) mass is 332 g/mol. The summed E-state index contributed by atoms with van der Waals surface area (Å²) in [4.78, 5) is 16.2. The Balaban J connectivity index is 2.24. The quantitative estimate of drug-likeness (QED) is 0.814. The van der Waals surface area contributed by atoms with Gasteiger partial charge in [0.1, 0.15) is 5.78 Å². The van der Waals surface area contributed by atoms with Crippen molar-refractivity contribution < 1.29 is 13.2 Å². The van der Waals surface area contributed by atoms with Crippen LogP contribution in [0.25, 0.3) is 0 Å². The first kappa shape index (κ1) is 17.3. The Morgan fingerprint density at radius 3 is 2.30 bits per heavy atom. The van der Waals surface area contributed by atoms with Crippen LogP contribution in [0.4, 0.5) is 0 Å². The Kier molecular flexibility index (Phi) is 5.28. The highest BCUT2D eigenvalue weighted by molar-refractivity contribution is 7.89. The van der Waals surface area contributed by atoms with E-state index in [-0.39, 0.29) is 16.6 Å². The number of hydrogen-bond acceptors (Lipinski definition) is 4. The van der Waals surface area contributed by atoms with Gasteiger partial charge in [0.15, 0.2) is 0 Å². The van der Waals surface area contributed by atoms with E-state index in [1.165, 1.54) is 18.4 Å². The van der Waals surface area contributed by atoms with Crippen molar-refractivity contribution in [3.63, 3.8) is 0 Å². The van der Waals surface area contributed by atoms with E-state index in [2.05, 4.69) is 4.98 Å². The number of ketones is 1. The molecule has 0 spiro atoms. The lowest BCUT2D eigenvalue weighted by Crippen LogP contribution is -2.22. The predicted octanol–water partition coefficient (Wildman–Crippen LogP) is 2.25. The number of pyridine rings is 1. The average molecular weight is 332 g/mol. The van der Waals surface area contributed by atoms with Gasteiger partial charge in [-0.1, -0.05) is 18.2 Å². The molecule has 122 valence electrons. The van der Waals surface area contributed by atoms with Crippen LogP contribution in [0, 0.1) is 0 Å². The van der Waals surface area contributed by atoms with Crippen molar-refractivity contribution in [3.05, 3.63) is 59.9 Å². The van der Waals surface area contributed by atoms with E-state index < -0.39 is 10.0 Å². The van der Waals surface area contributed by atoms with Gasteiger partial charge in [0.05, 0.1) is 4.90 Å². The number of aromatic nitrogens is 1. The normalized spacial score (nSPS) is 13.0. The third-order valence-corrected chi connectivity index (χ3v) is 5.55. The first-order chi connectivity index (χ1) is 10.8. The van der Waals surface area contributed by atoms with Gasteiger partial charge in [0.25, 0.3) is 0 Å². The number of nitrogens with zero attached hydrogens (tertiary/aromatic N) is 2. The summed E-state index contributed by atoms with van der Waals surface area (Å²) in [7, 11) is -0.439. The molecule has 0 aliphatic carbocycles. The van der Waals surface area contributed by atoms with Crippen LogP contribution in [0.15, 0.2) is 53.7 Å². The highest BCUT2D eigenvalue weighted by atomic mass is 32.2. The lowest BCUT2D eigenvalue weighted by Gasteiger charge is -2.15. The van der Waals surface area contributed by atoms with Crippen molar-refractivity contribution in [1.82, 2.24) is 9.29 Å². The lowest BCUT2D eigenvalue weighted by atomic mass is 9.90. The Labute approximate surface area is 137 Å². The van der Waals surface area contributed by atoms with E-state index in [1.54, 1.807) is 49.6 Å². The molecule has 1 aromatic carbocycles. The van der Waals surface area contributed by atoms with E-state index in [4.69, 9.17) is 0 Å². The fourth-order valence-electron chi connectivity index (χ4n) is 2.32. The van der Waals surface area contributed by atoms with E-state index in [1.807, 2.05) is 6.07 Å². The highest BCUT2D eigenvalue weighted by Gasteiger charge is 2.19. The summed E-state index contributed by atoms with van der Waals surface area (Å²) in [5.74, 6) is -0.219. The zero-order chi connectivity index (χ0) is 17.0. The number of carbonyl (C=O) groups is 1. The van der Waals surface area contributed by atoms with Crippen molar-refractivity contribution in [1.29, 1.82) is 0 Å². The number of sulfonamides is 1. The van der Waals surface area contributed by atoms with Crippen molar-refractivity contribution in [2.75, 3.05) is 14.1 Å². The number of Topliss-reactive ketones (excluding diaryl/α,β-unsaturated/α-hetero) is 1. The summed E-state index contributed by atoms with van der Waals surface area (Å²) in [5.41, 5.74) is 1.77. The van der Waals surface area contributed by atoms with Crippen LogP contribution in [0.3, 0.4) is 0 Å². The molecule has 2 rings (SSSR count). The third kappa shape index (κ3) is 4.03. The molecule has 0 fully saturated rings. The fraction of sp³-hybridized carbons (Fsp3) is 0.294. The Morgan fingerprint density at radius 2 is 1.83 bits per heavy atom. The predicted molar refractivity (Wildman–Crippen MR) is 88.7 cm³/mol. The molecule has 0 saturated heterocycles. The standard InChI is InChI=1S/C17H20N2O3S/c1-13(20)17(15-5-4-10-18-12-15)11-14-6-8-16(9-7-14)23(21,22)19(2)3/h4-10,12,17H,11H2,1-3H3. The molecule has 5 nitrogen and oxygen atoms in total. The minimum Gasteiger partial charge on any atom is -0.299 e. The van der Waals surface area contributed by atoms with Gasteiger partial charge in [-0.15, -0.1) is 0 Å². The molecule has 1 atom stereocenters. The van der Waals surface area contributed by atoms with Crippen LogP contribution in [0.5, 0.6) is 0 Å². The van der Waals surface area contributed by atoms with Gasteiger partial charge < -0.3 is 0 Å². The maximum absolute atomic E-state index is 12.1. The summed E-state index contributed by atoms with van der Waals surface area (Å²) in [5, 5.41) is 0. The van der Waals surface area contributed by atoms with Gasteiger partial charge in [0, 0.05) is 32.4 Å². The molecule has 6 heteroatoms. The first-order valence-electron chi connectivity index (χ1n) is 7.24. The van der Waals surface area contributed by atoms with Gasteiger partial charge in [-0.25, -0.2) is 12.7 Å². The number of benzene rings is 1. The number of carbonyl (C=O) groups excluding carboxylic acids is 1. The second-order valence-corrected chi connectivity index (χ2v) is 7.74. The van der Waals surface area contributed by atoms with Gasteiger partial charge in [0.2, 0.25) is 10.0 Å². The molecule has 0 bridgehead atoms. The maximum Gasteiger partial charge on any atom is 0.242 e. The molecule has 1 heterocycles. The van der Waals surface area contributed by atoms with Gasteiger partial charge >= 0.3 is 0 Å². The molecule has 0 amide bonds. The molecule has 0 radical (unpaired) electrons. The SMILES string of the molecule is CC(=O)C(Cc1ccc(S(=O)(=O)N(C)C)cc1)c1cccnc1. The molecule has 23 heavy (non-hydrogen) atoms. The maximum atomic E-state index is 12.1. The third-order valence-electron chi connectivity index (χ3n) is 3.72. The second kappa shape index (κ2) is 7.02. The van der Waals surface area contributed by atoms with Crippen LogP contribution >= 0.6 is 0 Å². The summed E-state index contributed by atoms with van der Waals surface area (Å²) in [6, 6.07) is 10.3. The first-order valence-corrected chi connectivity index (χ1v) is 8.68. The Morgan fingerprint density at radius 1 is 1.17 bits per heavy atom. The zero-order valence-electron chi connectivity index (χ0n) is 13.4. The Bertz CT molecular complexity index is 769. The topological polar surface area (TPSA) is 67.3 Å². The van der Waals surface area contributed by atoms with Gasteiger partial charge in [-0.2, -0.15) is 0 Å². The summed E-state index contributed by atoms with van der Waals surface area (Å²) >= 11 is 0. The lowest BCUT2D eigenvalue weighted by molar-refractivity contribution is -0.118. The molecular formula is C17H20N2O3S. The molecule has 1 aromatic heterocycles. The largest absolute Gasteiger partial charge is 0.299 e. The minimum atomic E-state index is -3.43. The van der Waals surface area contributed by atoms with Gasteiger partial charge in [-0.3, -0.25) is 9.78 Å². The van der Waals surface area contributed by atoms with Crippen molar-refractivity contribution in [2.24, 2.45) is 0 Å². The smallest absolute Gasteiger partial charge is 0.242 e. The minimum absolute atomic E-state index is 0.0583. The summed E-state index contributed by atoms with van der Waals surface area (Å²) in [6.07, 6.45) is 3.88. The van der Waals surface area contributed by atoms with Gasteiger partial charge in [-0.05, 0) is 42.7 Å². The average Bonchev–Trinajstić information content (AvgIpc) is 2.53. The summed E-state index contributed by atoms with van der Waals surface area (Å²) < 4.78 is 25.3. The van der Waals surface area contributed by atoms with Crippen LogP contribution in [0.2, 0.25) is 0 Å². The molecule has 0 N–H and O–H groups in total.